The van der Waals surface area contributed by atoms with Crippen molar-refractivity contribution >= 4 is 11.4 Å². The summed E-state index contributed by atoms with van der Waals surface area (Å²) in [5.74, 6) is 1.30. The second kappa shape index (κ2) is 6.41. The Morgan fingerprint density at radius 2 is 2.15 bits per heavy atom. The van der Waals surface area contributed by atoms with E-state index in [1.807, 2.05) is 0 Å². The van der Waals surface area contributed by atoms with E-state index >= 15 is 0 Å². The van der Waals surface area contributed by atoms with Gasteiger partial charge in [-0.15, -0.1) is 0 Å². The van der Waals surface area contributed by atoms with Crippen LogP contribution >= 0.6 is 0 Å². The van der Waals surface area contributed by atoms with Crippen LogP contribution in [0.2, 0.25) is 0 Å². The number of ether oxygens (including phenoxy) is 1. The van der Waals surface area contributed by atoms with E-state index in [-0.39, 0.29) is 5.69 Å². The van der Waals surface area contributed by atoms with Gasteiger partial charge < -0.3 is 10.1 Å². The van der Waals surface area contributed by atoms with Crippen molar-refractivity contribution in [3.8, 4) is 5.75 Å². The van der Waals surface area contributed by atoms with Gasteiger partial charge in [0.05, 0.1) is 11.5 Å². The number of nitrogens with one attached hydrogen (secondary N) is 1. The van der Waals surface area contributed by atoms with Crippen molar-refractivity contribution in [3.63, 3.8) is 0 Å². The Morgan fingerprint density at radius 1 is 1.40 bits per heavy atom. The van der Waals surface area contributed by atoms with Gasteiger partial charge in [-0.25, -0.2) is 0 Å². The molecule has 1 aromatic carbocycles. The lowest BCUT2D eigenvalue weighted by atomic mass is 9.85. The van der Waals surface area contributed by atoms with Gasteiger partial charge in [0.1, 0.15) is 5.69 Å². The molecule has 0 aliphatic heterocycles. The van der Waals surface area contributed by atoms with E-state index in [0.29, 0.717) is 29.9 Å². The number of nitro benzene ring substituents is 1. The Hall–Kier alpha value is -2.04. The zero-order valence-electron chi connectivity index (χ0n) is 11.8. The Morgan fingerprint density at radius 3 is 2.80 bits per heavy atom. The maximum atomic E-state index is 11.2. The molecule has 0 heterocycles. The van der Waals surface area contributed by atoms with Crippen LogP contribution in [0.25, 0.3) is 0 Å². The third-order valence-corrected chi connectivity index (χ3v) is 3.82. The van der Waals surface area contributed by atoms with E-state index in [1.165, 1.54) is 0 Å². The van der Waals surface area contributed by atoms with Crippen LogP contribution < -0.4 is 10.1 Å². The lowest BCUT2D eigenvalue weighted by Gasteiger charge is -2.25. The van der Waals surface area contributed by atoms with Crippen LogP contribution in [0, 0.1) is 22.0 Å². The van der Waals surface area contributed by atoms with Crippen molar-refractivity contribution in [2.45, 2.75) is 19.8 Å². The molecule has 2 unspecified atom stereocenters. The molecule has 1 N–H and O–H groups in total. The molecule has 20 heavy (non-hydrogen) atoms. The van der Waals surface area contributed by atoms with Crippen molar-refractivity contribution in [3.05, 3.63) is 40.5 Å². The second-order valence-corrected chi connectivity index (χ2v) is 5.15. The lowest BCUT2D eigenvalue weighted by molar-refractivity contribution is -0.385. The zero-order chi connectivity index (χ0) is 14.5. The highest BCUT2D eigenvalue weighted by Crippen LogP contribution is 2.35. The molecule has 1 aromatic rings. The van der Waals surface area contributed by atoms with Gasteiger partial charge in [-0.3, -0.25) is 10.1 Å². The molecule has 1 aliphatic rings. The van der Waals surface area contributed by atoms with Crippen molar-refractivity contribution in [2.24, 2.45) is 11.8 Å². The van der Waals surface area contributed by atoms with Gasteiger partial charge in [0, 0.05) is 7.05 Å². The van der Waals surface area contributed by atoms with Crippen LogP contribution in [0.15, 0.2) is 30.4 Å². The molecule has 0 aromatic heterocycles. The number of hydrogen-bond acceptors (Lipinski definition) is 4. The van der Waals surface area contributed by atoms with Gasteiger partial charge >= 0.3 is 5.69 Å². The first kappa shape index (κ1) is 14.4. The average Bonchev–Trinajstić information content (AvgIpc) is 2.45. The maximum Gasteiger partial charge on any atom is 0.333 e. The van der Waals surface area contributed by atoms with Gasteiger partial charge in [0.2, 0.25) is 0 Å². The van der Waals surface area contributed by atoms with E-state index in [0.717, 1.165) is 12.8 Å². The molecule has 0 saturated carbocycles. The summed E-state index contributed by atoms with van der Waals surface area (Å²) < 4.78 is 5.74. The SMILES string of the molecule is CNc1cccc(OCC2CC=CCC2C)c1[N+](=O)[O-]. The summed E-state index contributed by atoms with van der Waals surface area (Å²) in [7, 11) is 1.67. The Labute approximate surface area is 118 Å². The van der Waals surface area contributed by atoms with Crippen molar-refractivity contribution < 1.29 is 9.66 Å². The molecule has 0 fully saturated rings. The Balaban J connectivity index is 2.13. The number of anilines is 1. The molecule has 0 bridgehead atoms. The van der Waals surface area contributed by atoms with Gasteiger partial charge in [0.25, 0.3) is 0 Å². The van der Waals surface area contributed by atoms with E-state index in [4.69, 9.17) is 4.74 Å². The minimum absolute atomic E-state index is 0.00834. The fourth-order valence-corrected chi connectivity index (χ4v) is 2.46. The van der Waals surface area contributed by atoms with Gasteiger partial charge in [0.15, 0.2) is 5.75 Å². The molecule has 0 spiro atoms. The Kier molecular flexibility index (Phi) is 4.61. The fourth-order valence-electron chi connectivity index (χ4n) is 2.46. The zero-order valence-corrected chi connectivity index (χ0v) is 11.8. The Bertz CT molecular complexity index is 514. The number of allylic oxidation sites excluding steroid dienone is 2. The summed E-state index contributed by atoms with van der Waals surface area (Å²) in [4.78, 5) is 10.8. The summed E-state index contributed by atoms with van der Waals surface area (Å²) in [5, 5.41) is 14.0. The standard InChI is InChI=1S/C15H20N2O3/c1-11-6-3-4-7-12(11)10-20-14-9-5-8-13(16-2)15(14)17(18)19/h3-5,8-9,11-12,16H,6-7,10H2,1-2H3. The van der Waals surface area contributed by atoms with E-state index in [9.17, 15) is 10.1 Å². The highest BCUT2D eigenvalue weighted by Gasteiger charge is 2.23. The first-order valence-corrected chi connectivity index (χ1v) is 6.86. The summed E-state index contributed by atoms with van der Waals surface area (Å²) in [6, 6.07) is 5.09. The van der Waals surface area contributed by atoms with Crippen molar-refractivity contribution in [1.82, 2.24) is 0 Å². The molecule has 0 saturated heterocycles. The molecule has 0 radical (unpaired) electrons. The highest BCUT2D eigenvalue weighted by atomic mass is 16.6. The summed E-state index contributed by atoms with van der Waals surface area (Å²) in [6.45, 7) is 2.70. The predicted octanol–water partition coefficient (Wildman–Crippen LogP) is 3.62. The van der Waals surface area contributed by atoms with Crippen molar-refractivity contribution in [2.75, 3.05) is 19.0 Å². The summed E-state index contributed by atoms with van der Waals surface area (Å²) in [5.41, 5.74) is 0.484. The normalized spacial score (nSPS) is 21.5. The minimum atomic E-state index is -0.397. The number of nitro groups is 1. The molecular weight excluding hydrogens is 256 g/mol. The third-order valence-electron chi connectivity index (χ3n) is 3.82. The van der Waals surface area contributed by atoms with Crippen LogP contribution in [-0.2, 0) is 0 Å². The fraction of sp³-hybridized carbons (Fsp3) is 0.467. The molecule has 5 heteroatoms. The first-order chi connectivity index (χ1) is 9.63. The molecule has 5 nitrogen and oxygen atoms in total. The number of para-hydroxylation sites is 1. The van der Waals surface area contributed by atoms with Gasteiger partial charge in [-0.1, -0.05) is 25.1 Å². The van der Waals surface area contributed by atoms with Crippen LogP contribution in [0.5, 0.6) is 5.75 Å². The van der Waals surface area contributed by atoms with Crippen LogP contribution in [0.1, 0.15) is 19.8 Å². The van der Waals surface area contributed by atoms with Gasteiger partial charge in [-0.05, 0) is 36.8 Å². The topological polar surface area (TPSA) is 64.4 Å². The minimum Gasteiger partial charge on any atom is -0.486 e. The second-order valence-electron chi connectivity index (χ2n) is 5.15. The predicted molar refractivity (Wildman–Crippen MR) is 79.2 cm³/mol. The van der Waals surface area contributed by atoms with Crippen LogP contribution in [0.4, 0.5) is 11.4 Å². The number of rotatable bonds is 5. The summed E-state index contributed by atoms with van der Waals surface area (Å²) in [6.07, 6.45) is 6.37. The van der Waals surface area contributed by atoms with Crippen LogP contribution in [0.3, 0.4) is 0 Å². The molecular formula is C15H20N2O3. The van der Waals surface area contributed by atoms with Gasteiger partial charge in [-0.2, -0.15) is 0 Å². The monoisotopic (exact) mass is 276 g/mol. The van der Waals surface area contributed by atoms with E-state index in [2.05, 4.69) is 24.4 Å². The largest absolute Gasteiger partial charge is 0.486 e. The molecule has 0 amide bonds. The molecule has 108 valence electrons. The number of nitrogens with zero attached hydrogens (tertiary/aromatic N) is 1. The molecule has 1 aliphatic carbocycles. The van der Waals surface area contributed by atoms with Crippen LogP contribution in [-0.4, -0.2) is 18.6 Å². The van der Waals surface area contributed by atoms with E-state index < -0.39 is 4.92 Å². The maximum absolute atomic E-state index is 11.2. The molecule has 2 rings (SSSR count). The average molecular weight is 276 g/mol. The third kappa shape index (κ3) is 3.10. The lowest BCUT2D eigenvalue weighted by Crippen LogP contribution is -2.21. The van der Waals surface area contributed by atoms with Crippen molar-refractivity contribution in [1.29, 1.82) is 0 Å². The molecule has 2 atom stereocenters. The quantitative estimate of drug-likeness (QED) is 0.507. The number of hydrogen-bond donors (Lipinski definition) is 1. The van der Waals surface area contributed by atoms with E-state index in [1.54, 1.807) is 25.2 Å². The number of benzene rings is 1. The highest BCUT2D eigenvalue weighted by molar-refractivity contribution is 5.68. The first-order valence-electron chi connectivity index (χ1n) is 6.86. The summed E-state index contributed by atoms with van der Waals surface area (Å²) >= 11 is 0. The smallest absolute Gasteiger partial charge is 0.333 e.